The Hall–Kier alpha value is -1.06. The molecule has 0 amide bonds. The van der Waals surface area contributed by atoms with E-state index < -0.39 is 12.7 Å². The van der Waals surface area contributed by atoms with Crippen LogP contribution in [0.15, 0.2) is 4.99 Å². The van der Waals surface area contributed by atoms with Crippen molar-refractivity contribution in [1.82, 2.24) is 20.4 Å². The number of ether oxygens (including phenoxy) is 1. The fraction of sp³-hybridized carbons (Fsp3) is 0.933. The number of aliphatic imine (C=N–C) groups is 1. The number of guanidine groups is 1. The molecule has 0 radical (unpaired) electrons. The lowest BCUT2D eigenvalue weighted by Crippen LogP contribution is -2.42. The Bertz CT molecular complexity index is 340. The van der Waals surface area contributed by atoms with Crippen LogP contribution in [0, 0.1) is 0 Å². The summed E-state index contributed by atoms with van der Waals surface area (Å²) in [7, 11) is 6.88. The van der Waals surface area contributed by atoms with Crippen LogP contribution in [-0.2, 0) is 4.74 Å². The third-order valence-electron chi connectivity index (χ3n) is 3.36. The molecule has 6 nitrogen and oxygen atoms in total. The first kappa shape index (κ1) is 22.9. The van der Waals surface area contributed by atoms with E-state index in [-0.39, 0.29) is 0 Å². The van der Waals surface area contributed by atoms with E-state index >= 15 is 0 Å². The lowest BCUT2D eigenvalue weighted by Gasteiger charge is -2.19. The van der Waals surface area contributed by atoms with Gasteiger partial charge in [-0.2, -0.15) is 13.2 Å². The molecule has 0 rings (SSSR count). The van der Waals surface area contributed by atoms with Crippen LogP contribution in [0.3, 0.4) is 0 Å². The molecule has 0 atom stereocenters. The second kappa shape index (κ2) is 13.3. The predicted octanol–water partition coefficient (Wildman–Crippen LogP) is 1.00. The smallest absolute Gasteiger partial charge is 0.385 e. The van der Waals surface area contributed by atoms with Crippen LogP contribution < -0.4 is 10.6 Å². The molecule has 144 valence electrons. The molecular weight excluding hydrogens is 323 g/mol. The first-order chi connectivity index (χ1) is 11.3. The van der Waals surface area contributed by atoms with Crippen LogP contribution >= 0.6 is 0 Å². The van der Waals surface area contributed by atoms with Crippen molar-refractivity contribution in [2.24, 2.45) is 4.99 Å². The molecule has 0 heterocycles. The number of nitrogens with zero attached hydrogens (tertiary/aromatic N) is 3. The summed E-state index contributed by atoms with van der Waals surface area (Å²) in [6.07, 6.45) is -2.54. The van der Waals surface area contributed by atoms with Crippen molar-refractivity contribution in [2.75, 3.05) is 74.1 Å². The van der Waals surface area contributed by atoms with Gasteiger partial charge in [0.1, 0.15) is 0 Å². The Balaban J connectivity index is 3.74. The minimum Gasteiger partial charge on any atom is -0.385 e. The first-order valence-corrected chi connectivity index (χ1v) is 8.15. The highest BCUT2D eigenvalue weighted by Crippen LogP contribution is 2.15. The van der Waals surface area contributed by atoms with Gasteiger partial charge in [-0.25, -0.2) is 0 Å². The summed E-state index contributed by atoms with van der Waals surface area (Å²) in [6.45, 7) is 3.42. The van der Waals surface area contributed by atoms with E-state index in [0.29, 0.717) is 25.5 Å². The molecule has 0 fully saturated rings. The molecule has 24 heavy (non-hydrogen) atoms. The van der Waals surface area contributed by atoms with E-state index in [9.17, 15) is 13.2 Å². The van der Waals surface area contributed by atoms with Crippen molar-refractivity contribution < 1.29 is 17.9 Å². The lowest BCUT2D eigenvalue weighted by molar-refractivity contribution is -0.143. The van der Waals surface area contributed by atoms with Crippen molar-refractivity contribution in [3.05, 3.63) is 0 Å². The van der Waals surface area contributed by atoms with Crippen molar-refractivity contribution in [3.8, 4) is 0 Å². The number of likely N-dealkylation sites (N-methyl/N-ethyl adjacent to an activating group) is 1. The van der Waals surface area contributed by atoms with Crippen molar-refractivity contribution in [2.45, 2.75) is 19.0 Å². The van der Waals surface area contributed by atoms with Crippen LogP contribution in [0.25, 0.3) is 0 Å². The van der Waals surface area contributed by atoms with Crippen LogP contribution in [0.1, 0.15) is 12.8 Å². The van der Waals surface area contributed by atoms with Crippen LogP contribution in [0.2, 0.25) is 0 Å². The summed E-state index contributed by atoms with van der Waals surface area (Å²) in [5, 5.41) is 6.30. The number of hydrogen-bond donors (Lipinski definition) is 2. The van der Waals surface area contributed by atoms with E-state index in [0.717, 1.165) is 32.7 Å². The third kappa shape index (κ3) is 14.5. The molecule has 2 N–H and O–H groups in total. The first-order valence-electron chi connectivity index (χ1n) is 8.15. The Morgan fingerprint density at radius 3 is 2.21 bits per heavy atom. The normalized spacial score (nSPS) is 13.0. The number of methoxy groups -OCH3 is 1. The molecule has 0 aliphatic heterocycles. The Morgan fingerprint density at radius 1 is 1.00 bits per heavy atom. The molecule has 0 unspecified atom stereocenters. The zero-order valence-corrected chi connectivity index (χ0v) is 15.2. The topological polar surface area (TPSA) is 52.1 Å². The highest BCUT2D eigenvalue weighted by Gasteiger charge is 2.28. The highest BCUT2D eigenvalue weighted by molar-refractivity contribution is 5.79. The SMILES string of the molecule is CN=C(NCCCN(C)CC(F)(F)F)NCCN(C)CCCOC. The summed E-state index contributed by atoms with van der Waals surface area (Å²) in [4.78, 5) is 7.57. The second-order valence-electron chi connectivity index (χ2n) is 5.78. The van der Waals surface area contributed by atoms with Gasteiger partial charge in [0, 0.05) is 46.9 Å². The molecule has 0 saturated carbocycles. The molecule has 0 aromatic carbocycles. The van der Waals surface area contributed by atoms with Crippen LogP contribution in [0.4, 0.5) is 13.2 Å². The molecule has 0 aromatic heterocycles. The lowest BCUT2D eigenvalue weighted by atomic mass is 10.4. The summed E-state index contributed by atoms with van der Waals surface area (Å²) in [5.41, 5.74) is 0. The number of hydrogen-bond acceptors (Lipinski definition) is 4. The second-order valence-corrected chi connectivity index (χ2v) is 5.78. The fourth-order valence-corrected chi connectivity index (χ4v) is 2.12. The van der Waals surface area contributed by atoms with Gasteiger partial charge in [0.25, 0.3) is 0 Å². The maximum Gasteiger partial charge on any atom is 0.401 e. The number of alkyl halides is 3. The zero-order valence-electron chi connectivity index (χ0n) is 15.2. The van der Waals surface area contributed by atoms with E-state index in [4.69, 9.17) is 4.74 Å². The van der Waals surface area contributed by atoms with E-state index in [1.54, 1.807) is 14.2 Å². The van der Waals surface area contributed by atoms with E-state index in [2.05, 4.69) is 20.5 Å². The molecule has 9 heteroatoms. The Morgan fingerprint density at radius 2 is 1.62 bits per heavy atom. The van der Waals surface area contributed by atoms with E-state index in [1.807, 2.05) is 7.05 Å². The van der Waals surface area contributed by atoms with Gasteiger partial charge in [0.15, 0.2) is 5.96 Å². The van der Waals surface area contributed by atoms with Crippen LogP contribution in [-0.4, -0.2) is 96.1 Å². The molecule has 0 spiro atoms. The number of nitrogens with one attached hydrogen (secondary N) is 2. The van der Waals surface area contributed by atoms with Gasteiger partial charge >= 0.3 is 6.18 Å². The fourth-order valence-electron chi connectivity index (χ4n) is 2.12. The van der Waals surface area contributed by atoms with Crippen LogP contribution in [0.5, 0.6) is 0 Å². The quantitative estimate of drug-likeness (QED) is 0.311. The van der Waals surface area contributed by atoms with Gasteiger partial charge in [-0.15, -0.1) is 0 Å². The summed E-state index contributed by atoms with van der Waals surface area (Å²) >= 11 is 0. The van der Waals surface area contributed by atoms with Crippen molar-refractivity contribution in [1.29, 1.82) is 0 Å². The molecule has 0 bridgehead atoms. The van der Waals surface area contributed by atoms with Gasteiger partial charge in [-0.05, 0) is 33.5 Å². The summed E-state index contributed by atoms with van der Waals surface area (Å²) in [5.74, 6) is 0.666. The molecule has 0 aromatic rings. The van der Waals surface area contributed by atoms with Gasteiger partial charge < -0.3 is 20.3 Å². The monoisotopic (exact) mass is 355 g/mol. The Labute approximate surface area is 143 Å². The maximum atomic E-state index is 12.2. The standard InChI is InChI=1S/C15H32F3N5O/c1-19-14(21-8-11-22(2)10-6-12-24-4)20-7-5-9-23(3)13-15(16,17)18/h5-13H2,1-4H3,(H2,19,20,21). The molecule has 0 saturated heterocycles. The highest BCUT2D eigenvalue weighted by atomic mass is 19.4. The molecule has 0 aliphatic carbocycles. The van der Waals surface area contributed by atoms with Gasteiger partial charge in [-0.3, -0.25) is 9.89 Å². The Kier molecular flexibility index (Phi) is 12.7. The van der Waals surface area contributed by atoms with E-state index in [1.165, 1.54) is 11.9 Å². The zero-order chi connectivity index (χ0) is 18.4. The minimum atomic E-state index is -4.14. The summed E-state index contributed by atoms with van der Waals surface area (Å²) < 4.78 is 41.6. The van der Waals surface area contributed by atoms with Crippen molar-refractivity contribution >= 4 is 5.96 Å². The average Bonchev–Trinajstić information content (AvgIpc) is 2.48. The number of rotatable bonds is 12. The minimum absolute atomic E-state index is 0.381. The predicted molar refractivity (Wildman–Crippen MR) is 91.5 cm³/mol. The molecular formula is C15H32F3N5O. The van der Waals surface area contributed by atoms with Crippen molar-refractivity contribution in [3.63, 3.8) is 0 Å². The van der Waals surface area contributed by atoms with Gasteiger partial charge in [-0.1, -0.05) is 0 Å². The average molecular weight is 355 g/mol. The molecule has 0 aliphatic rings. The summed E-state index contributed by atoms with van der Waals surface area (Å²) in [6, 6.07) is 0. The third-order valence-corrected chi connectivity index (χ3v) is 3.36. The largest absolute Gasteiger partial charge is 0.401 e. The number of halogens is 3. The van der Waals surface area contributed by atoms with Gasteiger partial charge in [0.2, 0.25) is 0 Å². The van der Waals surface area contributed by atoms with Gasteiger partial charge in [0.05, 0.1) is 6.54 Å². The maximum absolute atomic E-state index is 12.2.